The molecule has 88 valence electrons. The Balaban J connectivity index is 1.81. The molecule has 2 fully saturated rings. The van der Waals surface area contributed by atoms with Crippen LogP contribution in [-0.2, 0) is 4.74 Å². The van der Waals surface area contributed by atoms with Crippen molar-refractivity contribution in [2.45, 2.75) is 50.7 Å². The van der Waals surface area contributed by atoms with Crippen LogP contribution in [0.15, 0.2) is 0 Å². The van der Waals surface area contributed by atoms with E-state index in [0.717, 1.165) is 51.7 Å². The van der Waals surface area contributed by atoms with E-state index in [-0.39, 0.29) is 6.10 Å². The summed E-state index contributed by atoms with van der Waals surface area (Å²) < 4.78 is 5.36. The Morgan fingerprint density at radius 3 is 2.07 bits per heavy atom. The van der Waals surface area contributed by atoms with Gasteiger partial charge >= 0.3 is 0 Å². The monoisotopic (exact) mass is 213 g/mol. The number of aliphatic hydroxyl groups is 1. The molecule has 0 radical (unpaired) electrons. The second kappa shape index (κ2) is 5.28. The van der Waals surface area contributed by atoms with Crippen LogP contribution < -0.4 is 5.73 Å². The zero-order valence-corrected chi connectivity index (χ0v) is 9.40. The van der Waals surface area contributed by atoms with Crippen LogP contribution in [0, 0.1) is 11.8 Å². The molecule has 1 aliphatic carbocycles. The molecule has 1 heterocycles. The van der Waals surface area contributed by atoms with Crippen molar-refractivity contribution in [1.82, 2.24) is 0 Å². The summed E-state index contributed by atoms with van der Waals surface area (Å²) in [6.07, 6.45) is 6.30. The van der Waals surface area contributed by atoms with Crippen LogP contribution in [0.3, 0.4) is 0 Å². The van der Waals surface area contributed by atoms with Gasteiger partial charge in [0, 0.05) is 19.3 Å². The lowest BCUT2D eigenvalue weighted by molar-refractivity contribution is 0.0389. The molecule has 3 heteroatoms. The maximum atomic E-state index is 9.46. The first-order valence-corrected chi connectivity index (χ1v) is 6.29. The largest absolute Gasteiger partial charge is 0.393 e. The minimum Gasteiger partial charge on any atom is -0.393 e. The topological polar surface area (TPSA) is 55.5 Å². The van der Waals surface area contributed by atoms with Crippen LogP contribution in [0.2, 0.25) is 0 Å². The number of rotatable bonds is 2. The van der Waals surface area contributed by atoms with Crippen LogP contribution in [0.25, 0.3) is 0 Å². The summed E-state index contributed by atoms with van der Waals surface area (Å²) in [4.78, 5) is 0. The lowest BCUT2D eigenvalue weighted by Crippen LogP contribution is -2.42. The highest BCUT2D eigenvalue weighted by Crippen LogP contribution is 2.31. The standard InChI is InChI=1S/C12H23NO2/c13-12(10-5-7-15-8-6-10)9-1-3-11(14)4-2-9/h9-12,14H,1-8,13H2. The summed E-state index contributed by atoms with van der Waals surface area (Å²) in [7, 11) is 0. The maximum absolute atomic E-state index is 9.46. The zero-order chi connectivity index (χ0) is 10.7. The molecule has 1 aliphatic heterocycles. The van der Waals surface area contributed by atoms with Crippen LogP contribution >= 0.6 is 0 Å². The Morgan fingerprint density at radius 2 is 1.47 bits per heavy atom. The second-order valence-electron chi connectivity index (χ2n) is 5.10. The van der Waals surface area contributed by atoms with E-state index in [9.17, 15) is 5.11 Å². The van der Waals surface area contributed by atoms with Crippen molar-refractivity contribution in [3.05, 3.63) is 0 Å². The fraction of sp³-hybridized carbons (Fsp3) is 1.00. The van der Waals surface area contributed by atoms with Crippen molar-refractivity contribution in [2.24, 2.45) is 17.6 Å². The van der Waals surface area contributed by atoms with Gasteiger partial charge in [0.05, 0.1) is 6.10 Å². The molecule has 1 saturated carbocycles. The number of nitrogens with two attached hydrogens (primary N) is 1. The molecule has 0 aromatic rings. The van der Waals surface area contributed by atoms with E-state index >= 15 is 0 Å². The normalized spacial score (nSPS) is 36.4. The van der Waals surface area contributed by atoms with Gasteiger partial charge in [0.1, 0.15) is 0 Å². The third kappa shape index (κ3) is 2.92. The molecule has 0 aromatic carbocycles. The quantitative estimate of drug-likeness (QED) is 0.727. The number of aliphatic hydroxyl groups excluding tert-OH is 1. The lowest BCUT2D eigenvalue weighted by atomic mass is 9.76. The molecular weight excluding hydrogens is 190 g/mol. The number of hydrogen-bond donors (Lipinski definition) is 2. The predicted octanol–water partition coefficient (Wildman–Crippen LogP) is 1.29. The Morgan fingerprint density at radius 1 is 0.933 bits per heavy atom. The molecule has 0 bridgehead atoms. The highest BCUT2D eigenvalue weighted by molar-refractivity contribution is 4.85. The molecule has 3 nitrogen and oxygen atoms in total. The molecule has 0 aromatic heterocycles. The maximum Gasteiger partial charge on any atom is 0.0540 e. The number of hydrogen-bond acceptors (Lipinski definition) is 3. The van der Waals surface area contributed by atoms with E-state index < -0.39 is 0 Å². The van der Waals surface area contributed by atoms with E-state index in [4.69, 9.17) is 10.5 Å². The molecule has 1 saturated heterocycles. The molecule has 0 amide bonds. The van der Waals surface area contributed by atoms with Gasteiger partial charge in [-0.15, -0.1) is 0 Å². The lowest BCUT2D eigenvalue weighted by Gasteiger charge is -2.36. The average Bonchev–Trinajstić information content (AvgIpc) is 2.30. The van der Waals surface area contributed by atoms with Gasteiger partial charge in [0.15, 0.2) is 0 Å². The molecule has 0 spiro atoms. The van der Waals surface area contributed by atoms with Gasteiger partial charge < -0.3 is 15.6 Å². The van der Waals surface area contributed by atoms with E-state index in [2.05, 4.69) is 0 Å². The first-order valence-electron chi connectivity index (χ1n) is 6.29. The van der Waals surface area contributed by atoms with Crippen LogP contribution in [0.1, 0.15) is 38.5 Å². The Kier molecular flexibility index (Phi) is 4.00. The molecule has 2 rings (SSSR count). The molecule has 2 aliphatic rings. The molecule has 3 N–H and O–H groups in total. The Hall–Kier alpha value is -0.120. The van der Waals surface area contributed by atoms with Crippen molar-refractivity contribution in [2.75, 3.05) is 13.2 Å². The van der Waals surface area contributed by atoms with Gasteiger partial charge in [-0.1, -0.05) is 0 Å². The molecule has 15 heavy (non-hydrogen) atoms. The third-order valence-electron chi connectivity index (χ3n) is 4.10. The minimum absolute atomic E-state index is 0.0665. The fourth-order valence-electron chi connectivity index (χ4n) is 2.97. The smallest absolute Gasteiger partial charge is 0.0540 e. The first-order chi connectivity index (χ1) is 7.27. The minimum atomic E-state index is -0.0665. The van der Waals surface area contributed by atoms with Crippen LogP contribution in [-0.4, -0.2) is 30.5 Å². The van der Waals surface area contributed by atoms with Crippen LogP contribution in [0.4, 0.5) is 0 Å². The van der Waals surface area contributed by atoms with Gasteiger partial charge in [0.2, 0.25) is 0 Å². The van der Waals surface area contributed by atoms with Gasteiger partial charge in [0.25, 0.3) is 0 Å². The molecular formula is C12H23NO2. The summed E-state index contributed by atoms with van der Waals surface area (Å²) in [5.74, 6) is 1.29. The van der Waals surface area contributed by atoms with Crippen molar-refractivity contribution < 1.29 is 9.84 Å². The van der Waals surface area contributed by atoms with E-state index in [1.165, 1.54) is 0 Å². The van der Waals surface area contributed by atoms with Crippen molar-refractivity contribution >= 4 is 0 Å². The van der Waals surface area contributed by atoms with Crippen molar-refractivity contribution in [3.8, 4) is 0 Å². The summed E-state index contributed by atoms with van der Waals surface area (Å²) in [5, 5.41) is 9.46. The fourth-order valence-corrected chi connectivity index (χ4v) is 2.97. The predicted molar refractivity (Wildman–Crippen MR) is 59.5 cm³/mol. The Bertz CT molecular complexity index is 184. The van der Waals surface area contributed by atoms with Gasteiger partial charge in [-0.3, -0.25) is 0 Å². The van der Waals surface area contributed by atoms with E-state index in [1.807, 2.05) is 0 Å². The van der Waals surface area contributed by atoms with Gasteiger partial charge in [-0.25, -0.2) is 0 Å². The number of ether oxygens (including phenoxy) is 1. The highest BCUT2D eigenvalue weighted by atomic mass is 16.5. The SMILES string of the molecule is NC(C1CCOCC1)C1CCC(O)CC1. The van der Waals surface area contributed by atoms with Crippen molar-refractivity contribution in [1.29, 1.82) is 0 Å². The first kappa shape index (κ1) is 11.4. The van der Waals surface area contributed by atoms with Gasteiger partial charge in [-0.2, -0.15) is 0 Å². The molecule has 1 atom stereocenters. The van der Waals surface area contributed by atoms with Gasteiger partial charge in [-0.05, 0) is 50.4 Å². The highest BCUT2D eigenvalue weighted by Gasteiger charge is 2.30. The second-order valence-corrected chi connectivity index (χ2v) is 5.10. The van der Waals surface area contributed by atoms with E-state index in [0.29, 0.717) is 17.9 Å². The van der Waals surface area contributed by atoms with Crippen molar-refractivity contribution in [3.63, 3.8) is 0 Å². The summed E-state index contributed by atoms with van der Waals surface area (Å²) >= 11 is 0. The summed E-state index contributed by atoms with van der Waals surface area (Å²) in [6, 6.07) is 0.335. The third-order valence-corrected chi connectivity index (χ3v) is 4.10. The van der Waals surface area contributed by atoms with E-state index in [1.54, 1.807) is 0 Å². The summed E-state index contributed by atoms with van der Waals surface area (Å²) in [6.45, 7) is 1.77. The van der Waals surface area contributed by atoms with Crippen LogP contribution in [0.5, 0.6) is 0 Å². The Labute approximate surface area is 92.0 Å². The molecule has 1 unspecified atom stereocenters. The zero-order valence-electron chi connectivity index (χ0n) is 9.40. The average molecular weight is 213 g/mol. The summed E-state index contributed by atoms with van der Waals surface area (Å²) in [5.41, 5.74) is 6.33.